The van der Waals surface area contributed by atoms with Crippen molar-refractivity contribution in [3.8, 4) is 5.75 Å². The van der Waals surface area contributed by atoms with E-state index < -0.39 is 29.5 Å². The van der Waals surface area contributed by atoms with Gasteiger partial charge < -0.3 is 24.3 Å². The highest BCUT2D eigenvalue weighted by atomic mass is 16.5. The van der Waals surface area contributed by atoms with E-state index >= 15 is 0 Å². The average Bonchev–Trinajstić information content (AvgIpc) is 3.24. The molecule has 3 aliphatic rings. The summed E-state index contributed by atoms with van der Waals surface area (Å²) in [5.74, 6) is -2.56. The molecule has 3 heterocycles. The lowest BCUT2D eigenvalue weighted by Gasteiger charge is -2.33. The zero-order valence-corrected chi connectivity index (χ0v) is 14.7. The first-order chi connectivity index (χ1) is 12.4. The fourth-order valence-corrected chi connectivity index (χ4v) is 4.55. The molecule has 1 aromatic rings. The van der Waals surface area contributed by atoms with Crippen molar-refractivity contribution >= 4 is 17.6 Å². The van der Waals surface area contributed by atoms with Crippen molar-refractivity contribution in [1.29, 1.82) is 0 Å². The van der Waals surface area contributed by atoms with Crippen LogP contribution in [0, 0.1) is 11.8 Å². The number of benzene rings is 1. The van der Waals surface area contributed by atoms with Crippen LogP contribution in [0.25, 0.3) is 0 Å². The molecule has 0 aromatic heterocycles. The first kappa shape index (κ1) is 16.8. The number of carboxylic acid groups (broad SMARTS) is 1. The highest BCUT2D eigenvalue weighted by Gasteiger charge is 2.69. The molecule has 4 rings (SSSR count). The van der Waals surface area contributed by atoms with E-state index in [1.807, 2.05) is 13.0 Å². The summed E-state index contributed by atoms with van der Waals surface area (Å²) in [4.78, 5) is 26.6. The van der Waals surface area contributed by atoms with Crippen molar-refractivity contribution in [1.82, 2.24) is 0 Å². The van der Waals surface area contributed by atoms with E-state index in [4.69, 9.17) is 9.47 Å². The molecule has 3 aliphatic heterocycles. The summed E-state index contributed by atoms with van der Waals surface area (Å²) in [6, 6.07) is 6.79. The molecule has 1 amide bonds. The number of ether oxygens (including phenoxy) is 2. The Morgan fingerprint density at radius 2 is 2.08 bits per heavy atom. The number of carbonyl (C=O) groups excluding carboxylic acids is 2. The number of rotatable bonds is 5. The van der Waals surface area contributed by atoms with Gasteiger partial charge in [-0.15, -0.1) is 6.58 Å². The minimum Gasteiger partial charge on any atom is -0.550 e. The van der Waals surface area contributed by atoms with Gasteiger partial charge in [-0.2, -0.15) is 0 Å². The number of aliphatic carboxylic acids is 1. The van der Waals surface area contributed by atoms with E-state index in [0.717, 1.165) is 5.57 Å². The normalized spacial score (nSPS) is 34.2. The Balaban J connectivity index is 1.81. The zero-order valence-electron chi connectivity index (χ0n) is 14.7. The lowest BCUT2D eigenvalue weighted by Crippen LogP contribution is -2.46. The van der Waals surface area contributed by atoms with Gasteiger partial charge >= 0.3 is 0 Å². The molecule has 2 bridgehead atoms. The van der Waals surface area contributed by atoms with Crippen LogP contribution >= 0.6 is 0 Å². The van der Waals surface area contributed by atoms with E-state index in [1.165, 1.54) is 0 Å². The van der Waals surface area contributed by atoms with Gasteiger partial charge in [0.05, 0.1) is 25.2 Å². The summed E-state index contributed by atoms with van der Waals surface area (Å²) in [5.41, 5.74) is 0.628. The Morgan fingerprint density at radius 3 is 2.65 bits per heavy atom. The lowest BCUT2D eigenvalue weighted by atomic mass is 9.74. The summed E-state index contributed by atoms with van der Waals surface area (Å²) in [6.45, 7) is 5.87. The third-order valence-corrected chi connectivity index (χ3v) is 5.59. The summed E-state index contributed by atoms with van der Waals surface area (Å²) in [6.07, 6.45) is 3.51. The second kappa shape index (κ2) is 5.71. The summed E-state index contributed by atoms with van der Waals surface area (Å²) in [7, 11) is 1.57. The third-order valence-electron chi connectivity index (χ3n) is 5.59. The summed E-state index contributed by atoms with van der Waals surface area (Å²) >= 11 is 0. The van der Waals surface area contributed by atoms with Crippen molar-refractivity contribution in [2.45, 2.75) is 31.1 Å². The predicted molar refractivity (Wildman–Crippen MR) is 92.4 cm³/mol. The van der Waals surface area contributed by atoms with Gasteiger partial charge in [-0.1, -0.05) is 17.7 Å². The van der Waals surface area contributed by atoms with Crippen LogP contribution < -0.4 is 14.7 Å². The molecule has 2 fully saturated rings. The van der Waals surface area contributed by atoms with Crippen molar-refractivity contribution in [2.24, 2.45) is 11.8 Å². The van der Waals surface area contributed by atoms with Crippen molar-refractivity contribution in [2.75, 3.05) is 12.0 Å². The van der Waals surface area contributed by atoms with Gasteiger partial charge in [0.1, 0.15) is 11.4 Å². The molecule has 0 saturated carbocycles. The number of carbonyl (C=O) groups is 2. The smallest absolute Gasteiger partial charge is 0.234 e. The number of hydrogen-bond donors (Lipinski definition) is 0. The van der Waals surface area contributed by atoms with Crippen LogP contribution in [0.15, 0.2) is 48.6 Å². The topological polar surface area (TPSA) is 78.9 Å². The number of fused-ring (bicyclic) bond motifs is 1. The first-order valence-electron chi connectivity index (χ1n) is 8.58. The minimum atomic E-state index is -1.25. The van der Waals surface area contributed by atoms with Crippen molar-refractivity contribution in [3.05, 3.63) is 48.6 Å². The molecule has 0 N–H and O–H groups in total. The first-order valence-corrected chi connectivity index (χ1v) is 8.58. The SMILES string of the molecule is C=C(C)C[C@H]1N(c2ccc(OC)cc2)C(=O)[C@@H]2[C@@H](C(=O)[O-])[C@H]3C=C[C@]21O3. The highest BCUT2D eigenvalue weighted by molar-refractivity contribution is 6.03. The van der Waals surface area contributed by atoms with Crippen LogP contribution in [0.1, 0.15) is 13.3 Å². The monoisotopic (exact) mass is 354 g/mol. The van der Waals surface area contributed by atoms with E-state index in [2.05, 4.69) is 6.58 Å². The molecule has 26 heavy (non-hydrogen) atoms. The van der Waals surface area contributed by atoms with E-state index in [0.29, 0.717) is 17.9 Å². The minimum absolute atomic E-state index is 0.248. The van der Waals surface area contributed by atoms with Gasteiger partial charge in [0, 0.05) is 17.6 Å². The fourth-order valence-electron chi connectivity index (χ4n) is 4.55. The zero-order chi connectivity index (χ0) is 18.6. The van der Waals surface area contributed by atoms with E-state index in [1.54, 1.807) is 42.4 Å². The lowest BCUT2D eigenvalue weighted by molar-refractivity contribution is -0.313. The van der Waals surface area contributed by atoms with Gasteiger partial charge in [-0.05, 0) is 37.6 Å². The second-order valence-corrected chi connectivity index (χ2v) is 7.20. The molecule has 0 unspecified atom stereocenters. The Labute approximate surface area is 151 Å². The van der Waals surface area contributed by atoms with Crippen LogP contribution in [-0.4, -0.2) is 36.7 Å². The molecule has 0 aliphatic carbocycles. The molecule has 1 spiro atoms. The van der Waals surface area contributed by atoms with Gasteiger partial charge in [0.25, 0.3) is 0 Å². The van der Waals surface area contributed by atoms with Gasteiger partial charge in [-0.3, -0.25) is 4.79 Å². The van der Waals surface area contributed by atoms with Crippen LogP contribution in [0.3, 0.4) is 0 Å². The molecule has 6 heteroatoms. The maximum absolute atomic E-state index is 13.3. The average molecular weight is 354 g/mol. The van der Waals surface area contributed by atoms with Crippen LogP contribution in [0.4, 0.5) is 5.69 Å². The molecule has 0 radical (unpaired) electrons. The quantitative estimate of drug-likeness (QED) is 0.739. The number of methoxy groups -OCH3 is 1. The number of nitrogens with zero attached hydrogens (tertiary/aromatic N) is 1. The maximum atomic E-state index is 13.3. The fraction of sp³-hybridized carbons (Fsp3) is 0.400. The number of hydrogen-bond acceptors (Lipinski definition) is 5. The molecular formula is C20H20NO5-. The van der Waals surface area contributed by atoms with Gasteiger partial charge in [0.2, 0.25) is 5.91 Å². The molecule has 5 atom stereocenters. The molecule has 2 saturated heterocycles. The van der Waals surface area contributed by atoms with E-state index in [9.17, 15) is 14.7 Å². The summed E-state index contributed by atoms with van der Waals surface area (Å²) < 4.78 is 11.3. The number of anilines is 1. The molecular weight excluding hydrogens is 334 g/mol. The Morgan fingerprint density at radius 1 is 1.38 bits per heavy atom. The Bertz CT molecular complexity index is 814. The van der Waals surface area contributed by atoms with Crippen molar-refractivity contribution in [3.63, 3.8) is 0 Å². The van der Waals surface area contributed by atoms with Crippen LogP contribution in [0.5, 0.6) is 5.75 Å². The molecule has 136 valence electrons. The standard InChI is InChI=1S/C20H21NO5/c1-11(2)10-15-20-9-8-14(26-20)16(19(23)24)17(20)18(22)21(15)12-4-6-13(25-3)7-5-12/h4-9,14-17H,1,10H2,2-3H3,(H,23,24)/p-1/t14-,15-,16+,17+,20-/m1/s1. The van der Waals surface area contributed by atoms with Crippen LogP contribution in [-0.2, 0) is 14.3 Å². The van der Waals surface area contributed by atoms with Gasteiger partial charge in [-0.25, -0.2) is 0 Å². The Kier molecular flexibility index (Phi) is 3.70. The second-order valence-electron chi connectivity index (χ2n) is 7.20. The van der Waals surface area contributed by atoms with Crippen LogP contribution in [0.2, 0.25) is 0 Å². The number of amides is 1. The third kappa shape index (κ3) is 2.15. The molecule has 6 nitrogen and oxygen atoms in total. The molecule has 1 aromatic carbocycles. The predicted octanol–water partition coefficient (Wildman–Crippen LogP) is 1.07. The number of carboxylic acids is 1. The van der Waals surface area contributed by atoms with E-state index in [-0.39, 0.29) is 11.9 Å². The highest BCUT2D eigenvalue weighted by Crippen LogP contribution is 2.56. The maximum Gasteiger partial charge on any atom is 0.234 e. The largest absolute Gasteiger partial charge is 0.550 e. The summed E-state index contributed by atoms with van der Waals surface area (Å²) in [5, 5.41) is 11.7. The van der Waals surface area contributed by atoms with Crippen molar-refractivity contribution < 1.29 is 24.2 Å². The Hall–Kier alpha value is -2.60. The van der Waals surface area contributed by atoms with Gasteiger partial charge in [0.15, 0.2) is 0 Å².